The lowest BCUT2D eigenvalue weighted by Gasteiger charge is -2.11. The van der Waals surface area contributed by atoms with Crippen molar-refractivity contribution < 1.29 is 4.79 Å². The van der Waals surface area contributed by atoms with Crippen LogP contribution in [0.1, 0.15) is 29.5 Å². The van der Waals surface area contributed by atoms with Crippen molar-refractivity contribution in [3.05, 3.63) is 42.0 Å². The maximum absolute atomic E-state index is 11.2. The highest BCUT2D eigenvalue weighted by atomic mass is 16.1. The van der Waals surface area contributed by atoms with Gasteiger partial charge in [-0.3, -0.25) is 4.79 Å². The second-order valence-electron chi connectivity index (χ2n) is 4.10. The molecule has 94 valence electrons. The van der Waals surface area contributed by atoms with E-state index in [2.05, 4.69) is 11.9 Å². The van der Waals surface area contributed by atoms with E-state index in [1.54, 1.807) is 24.4 Å². The molecule has 0 saturated carbocycles. The van der Waals surface area contributed by atoms with Gasteiger partial charge in [0.2, 0.25) is 5.91 Å². The number of nitrogens with zero attached hydrogens (tertiary/aromatic N) is 2. The lowest BCUT2D eigenvalue weighted by Crippen LogP contribution is -2.12. The van der Waals surface area contributed by atoms with Gasteiger partial charge in [-0.05, 0) is 24.6 Å². The van der Waals surface area contributed by atoms with E-state index in [1.807, 2.05) is 10.8 Å². The fourth-order valence-electron chi connectivity index (χ4n) is 1.87. The van der Waals surface area contributed by atoms with Crippen LogP contribution >= 0.6 is 0 Å². The number of nitrogens with two attached hydrogens (primary N) is 2. The Hall–Kier alpha value is -2.30. The van der Waals surface area contributed by atoms with Crippen molar-refractivity contribution in [1.29, 1.82) is 0 Å². The number of benzene rings is 1. The Morgan fingerprint density at radius 2 is 2.22 bits per heavy atom. The summed E-state index contributed by atoms with van der Waals surface area (Å²) in [7, 11) is 0. The van der Waals surface area contributed by atoms with Crippen molar-refractivity contribution in [2.45, 2.75) is 19.8 Å². The van der Waals surface area contributed by atoms with Crippen molar-refractivity contribution in [3.8, 4) is 5.69 Å². The van der Waals surface area contributed by atoms with Gasteiger partial charge in [0.1, 0.15) is 5.82 Å². The van der Waals surface area contributed by atoms with Crippen LogP contribution in [0.5, 0.6) is 0 Å². The first-order valence-corrected chi connectivity index (χ1v) is 5.85. The highest BCUT2D eigenvalue weighted by Crippen LogP contribution is 2.21. The Labute approximate surface area is 105 Å². The Morgan fingerprint density at radius 3 is 2.89 bits per heavy atom. The molecule has 1 amide bonds. The number of aromatic nitrogens is 2. The van der Waals surface area contributed by atoms with Gasteiger partial charge in [-0.25, -0.2) is 4.98 Å². The molecule has 2 aromatic rings. The summed E-state index contributed by atoms with van der Waals surface area (Å²) >= 11 is 0. The molecule has 0 atom stereocenters. The predicted molar refractivity (Wildman–Crippen MR) is 70.5 cm³/mol. The molecule has 5 heteroatoms. The molecule has 18 heavy (non-hydrogen) atoms. The molecule has 1 aromatic heterocycles. The molecule has 0 aliphatic rings. The topological polar surface area (TPSA) is 86.9 Å². The third-order valence-corrected chi connectivity index (χ3v) is 2.77. The van der Waals surface area contributed by atoms with Crippen LogP contribution in [-0.2, 0) is 6.42 Å². The Balaban J connectivity index is 2.52. The smallest absolute Gasteiger partial charge is 0.248 e. The number of aryl methyl sites for hydroxylation is 1. The third-order valence-electron chi connectivity index (χ3n) is 2.77. The van der Waals surface area contributed by atoms with Gasteiger partial charge in [0, 0.05) is 24.4 Å². The van der Waals surface area contributed by atoms with Gasteiger partial charge in [0.25, 0.3) is 0 Å². The van der Waals surface area contributed by atoms with E-state index in [-0.39, 0.29) is 0 Å². The maximum Gasteiger partial charge on any atom is 0.248 e. The second-order valence-corrected chi connectivity index (χ2v) is 4.10. The van der Waals surface area contributed by atoms with Crippen molar-refractivity contribution in [3.63, 3.8) is 0 Å². The summed E-state index contributed by atoms with van der Waals surface area (Å²) in [5.74, 6) is 0.458. The van der Waals surface area contributed by atoms with Crippen LogP contribution in [0.2, 0.25) is 0 Å². The zero-order valence-electron chi connectivity index (χ0n) is 10.3. The number of hydrogen-bond donors (Lipinski definition) is 2. The first kappa shape index (κ1) is 12.2. The number of amides is 1. The first-order chi connectivity index (χ1) is 8.63. The zero-order chi connectivity index (χ0) is 13.1. The van der Waals surface area contributed by atoms with Crippen LogP contribution in [0, 0.1) is 0 Å². The van der Waals surface area contributed by atoms with E-state index in [0.717, 1.165) is 24.4 Å². The molecule has 0 aliphatic heterocycles. The van der Waals surface area contributed by atoms with Gasteiger partial charge >= 0.3 is 0 Å². The summed E-state index contributed by atoms with van der Waals surface area (Å²) in [5, 5.41) is 0. The molecule has 0 aliphatic carbocycles. The van der Waals surface area contributed by atoms with Gasteiger partial charge in [-0.1, -0.05) is 6.92 Å². The van der Waals surface area contributed by atoms with Crippen molar-refractivity contribution in [1.82, 2.24) is 9.55 Å². The lowest BCUT2D eigenvalue weighted by molar-refractivity contribution is 0.100. The summed E-state index contributed by atoms with van der Waals surface area (Å²) in [4.78, 5) is 15.5. The van der Waals surface area contributed by atoms with Gasteiger partial charge in [0.05, 0.1) is 11.4 Å². The third kappa shape index (κ3) is 2.20. The fourth-order valence-corrected chi connectivity index (χ4v) is 1.87. The lowest BCUT2D eigenvalue weighted by atomic mass is 10.1. The van der Waals surface area contributed by atoms with E-state index in [9.17, 15) is 4.79 Å². The quantitative estimate of drug-likeness (QED) is 0.799. The fraction of sp³-hybridized carbons (Fsp3) is 0.231. The van der Waals surface area contributed by atoms with Crippen molar-refractivity contribution in [2.75, 3.05) is 5.73 Å². The molecule has 0 saturated heterocycles. The summed E-state index contributed by atoms with van der Waals surface area (Å²) in [6.07, 6.45) is 5.41. The molecular weight excluding hydrogens is 228 g/mol. The van der Waals surface area contributed by atoms with Gasteiger partial charge in [-0.15, -0.1) is 0 Å². The van der Waals surface area contributed by atoms with E-state index < -0.39 is 5.91 Å². The maximum atomic E-state index is 11.2. The molecule has 1 heterocycles. The number of carbonyl (C=O) groups is 1. The monoisotopic (exact) mass is 244 g/mol. The standard InChI is InChI=1S/C13H16N4O/c1-2-3-12-16-6-7-17(12)11-8-9(13(15)18)4-5-10(11)14/h4-8H,2-3,14H2,1H3,(H2,15,18). The summed E-state index contributed by atoms with van der Waals surface area (Å²) in [6.45, 7) is 2.09. The minimum Gasteiger partial charge on any atom is -0.397 e. The number of imidazole rings is 1. The van der Waals surface area contributed by atoms with Crippen LogP contribution in [0.3, 0.4) is 0 Å². The Kier molecular flexibility index (Phi) is 3.32. The Morgan fingerprint density at radius 1 is 1.44 bits per heavy atom. The molecule has 1 aromatic carbocycles. The van der Waals surface area contributed by atoms with Gasteiger partial charge in [-0.2, -0.15) is 0 Å². The number of anilines is 1. The van der Waals surface area contributed by atoms with E-state index in [0.29, 0.717) is 11.3 Å². The largest absolute Gasteiger partial charge is 0.397 e. The average molecular weight is 244 g/mol. The summed E-state index contributed by atoms with van der Waals surface area (Å²) < 4.78 is 1.89. The molecule has 0 bridgehead atoms. The van der Waals surface area contributed by atoms with E-state index in [4.69, 9.17) is 11.5 Å². The molecule has 5 nitrogen and oxygen atoms in total. The number of hydrogen-bond acceptors (Lipinski definition) is 3. The summed E-state index contributed by atoms with van der Waals surface area (Å²) in [6, 6.07) is 5.00. The average Bonchev–Trinajstić information content (AvgIpc) is 2.78. The zero-order valence-corrected chi connectivity index (χ0v) is 10.3. The van der Waals surface area contributed by atoms with Crippen LogP contribution < -0.4 is 11.5 Å². The Bertz CT molecular complexity index is 574. The van der Waals surface area contributed by atoms with Gasteiger partial charge < -0.3 is 16.0 Å². The highest BCUT2D eigenvalue weighted by molar-refractivity contribution is 5.94. The minimum absolute atomic E-state index is 0.440. The number of primary amides is 1. The van der Waals surface area contributed by atoms with E-state index >= 15 is 0 Å². The molecule has 4 N–H and O–H groups in total. The van der Waals surface area contributed by atoms with Gasteiger partial charge in [0.15, 0.2) is 0 Å². The minimum atomic E-state index is -0.464. The van der Waals surface area contributed by atoms with Crippen molar-refractivity contribution in [2.24, 2.45) is 5.73 Å². The highest BCUT2D eigenvalue weighted by Gasteiger charge is 2.10. The van der Waals surface area contributed by atoms with E-state index in [1.165, 1.54) is 0 Å². The second kappa shape index (κ2) is 4.91. The molecule has 0 spiro atoms. The van der Waals surface area contributed by atoms with Crippen LogP contribution in [0.25, 0.3) is 5.69 Å². The van der Waals surface area contributed by atoms with Crippen molar-refractivity contribution >= 4 is 11.6 Å². The molecule has 0 unspecified atom stereocenters. The molecule has 2 rings (SSSR count). The van der Waals surface area contributed by atoms with Crippen LogP contribution in [0.4, 0.5) is 5.69 Å². The summed E-state index contributed by atoms with van der Waals surface area (Å²) in [5.41, 5.74) is 13.0. The van der Waals surface area contributed by atoms with Crippen LogP contribution in [-0.4, -0.2) is 15.5 Å². The predicted octanol–water partition coefficient (Wildman–Crippen LogP) is 1.51. The SMILES string of the molecule is CCCc1nccn1-c1cc(C(N)=O)ccc1N. The first-order valence-electron chi connectivity index (χ1n) is 5.85. The normalized spacial score (nSPS) is 10.5. The van der Waals surface area contributed by atoms with Crippen LogP contribution in [0.15, 0.2) is 30.6 Å². The number of rotatable bonds is 4. The molecule has 0 fully saturated rings. The molecule has 0 radical (unpaired) electrons. The molecular formula is C13H16N4O. The number of carbonyl (C=O) groups excluding carboxylic acids is 1. The number of nitrogen functional groups attached to an aromatic ring is 1.